The molecule has 1 fully saturated rings. The predicted octanol–water partition coefficient (Wildman–Crippen LogP) is 1.97. The topological polar surface area (TPSA) is 66.8 Å². The predicted molar refractivity (Wildman–Crippen MR) is 71.3 cm³/mol. The average molecular weight is 283 g/mol. The van der Waals surface area contributed by atoms with E-state index < -0.39 is 12.0 Å². The fourth-order valence-corrected chi connectivity index (χ4v) is 2.89. The largest absolute Gasteiger partial charge is 0.480 e. The van der Waals surface area contributed by atoms with Crippen LogP contribution < -0.4 is 0 Å². The molecule has 2 rings (SSSR count). The minimum absolute atomic E-state index is 0.0658. The van der Waals surface area contributed by atoms with Gasteiger partial charge in [-0.05, 0) is 31.2 Å². The van der Waals surface area contributed by atoms with Gasteiger partial charge in [-0.3, -0.25) is 4.79 Å². The molecule has 1 N–H and O–H groups in total. The Bertz CT molecular complexity index is 481. The van der Waals surface area contributed by atoms with Crippen LogP contribution in [0.5, 0.6) is 0 Å². The van der Waals surface area contributed by atoms with E-state index in [0.717, 1.165) is 18.4 Å². The summed E-state index contributed by atoms with van der Waals surface area (Å²) in [4.78, 5) is 25.8. The minimum atomic E-state index is -0.968. The van der Waals surface area contributed by atoms with Gasteiger partial charge in [0.1, 0.15) is 6.04 Å². The van der Waals surface area contributed by atoms with Gasteiger partial charge >= 0.3 is 5.97 Å². The van der Waals surface area contributed by atoms with E-state index in [2.05, 4.69) is 0 Å². The first-order valence-electron chi connectivity index (χ1n) is 6.17. The van der Waals surface area contributed by atoms with Crippen LogP contribution >= 0.6 is 11.3 Å². The van der Waals surface area contributed by atoms with Gasteiger partial charge in [-0.25, -0.2) is 4.79 Å². The molecule has 1 aliphatic carbocycles. The smallest absolute Gasteiger partial charge is 0.326 e. The van der Waals surface area contributed by atoms with E-state index in [1.807, 2.05) is 11.4 Å². The summed E-state index contributed by atoms with van der Waals surface area (Å²) in [7, 11) is 1.57. The third-order valence-electron chi connectivity index (χ3n) is 3.19. The van der Waals surface area contributed by atoms with Gasteiger partial charge in [0.15, 0.2) is 0 Å². The van der Waals surface area contributed by atoms with Gasteiger partial charge in [-0.2, -0.15) is 0 Å². The van der Waals surface area contributed by atoms with Crippen molar-refractivity contribution in [3.63, 3.8) is 0 Å². The minimum Gasteiger partial charge on any atom is -0.480 e. The Hall–Kier alpha value is -1.40. The summed E-state index contributed by atoms with van der Waals surface area (Å²) in [5.41, 5.74) is 0.820. The molecule has 0 aromatic carbocycles. The van der Waals surface area contributed by atoms with Gasteiger partial charge in [0.2, 0.25) is 0 Å². The van der Waals surface area contributed by atoms with Crippen LogP contribution in [0.4, 0.5) is 0 Å². The molecule has 19 heavy (non-hydrogen) atoms. The lowest BCUT2D eigenvalue weighted by molar-refractivity contribution is -0.141. The molecule has 0 bridgehead atoms. The van der Waals surface area contributed by atoms with Crippen molar-refractivity contribution < 1.29 is 19.4 Å². The second kappa shape index (κ2) is 5.71. The van der Waals surface area contributed by atoms with Crippen LogP contribution in [-0.2, 0) is 16.1 Å². The van der Waals surface area contributed by atoms with Crippen molar-refractivity contribution in [2.24, 2.45) is 0 Å². The van der Waals surface area contributed by atoms with Crippen LogP contribution in [0.2, 0.25) is 0 Å². The van der Waals surface area contributed by atoms with Crippen LogP contribution in [0.25, 0.3) is 0 Å². The van der Waals surface area contributed by atoms with Crippen molar-refractivity contribution in [3.05, 3.63) is 21.9 Å². The van der Waals surface area contributed by atoms with Gasteiger partial charge in [0.25, 0.3) is 5.91 Å². The van der Waals surface area contributed by atoms with Crippen molar-refractivity contribution >= 4 is 23.2 Å². The zero-order chi connectivity index (χ0) is 14.0. The van der Waals surface area contributed by atoms with Crippen LogP contribution in [0.15, 0.2) is 11.4 Å². The number of carboxylic acids is 1. The molecule has 5 nitrogen and oxygen atoms in total. The quantitative estimate of drug-likeness (QED) is 0.866. The highest BCUT2D eigenvalue weighted by Gasteiger charge is 2.39. The van der Waals surface area contributed by atoms with Gasteiger partial charge < -0.3 is 14.7 Å². The molecule has 0 spiro atoms. The molecular formula is C13H17NO4S. The summed E-state index contributed by atoms with van der Waals surface area (Å²) < 4.78 is 5.06. The fourth-order valence-electron chi connectivity index (χ4n) is 2.04. The maximum Gasteiger partial charge on any atom is 0.326 e. The highest BCUT2D eigenvalue weighted by atomic mass is 32.1. The Morgan fingerprint density at radius 1 is 1.58 bits per heavy atom. The van der Waals surface area contributed by atoms with Crippen LogP contribution in [0, 0.1) is 0 Å². The third-order valence-corrected chi connectivity index (χ3v) is 4.13. The summed E-state index contributed by atoms with van der Waals surface area (Å²) in [6.45, 7) is 1.92. The zero-order valence-corrected chi connectivity index (χ0v) is 11.8. The number of carbonyl (C=O) groups excluding carboxylic acids is 1. The van der Waals surface area contributed by atoms with Crippen molar-refractivity contribution in [1.29, 1.82) is 0 Å². The molecule has 6 heteroatoms. The van der Waals surface area contributed by atoms with Gasteiger partial charge in [0.05, 0.1) is 11.5 Å². The Morgan fingerprint density at radius 3 is 2.79 bits per heavy atom. The number of hydrogen-bond acceptors (Lipinski definition) is 4. The molecule has 104 valence electrons. The SMILES string of the molecule is COCc1ccsc1C(=O)N(C1CC1)C(C)C(=O)O. The monoisotopic (exact) mass is 283 g/mol. The number of carboxylic acid groups (broad SMARTS) is 1. The number of nitrogens with zero attached hydrogens (tertiary/aromatic N) is 1. The number of amides is 1. The lowest BCUT2D eigenvalue weighted by Crippen LogP contribution is -2.44. The number of ether oxygens (including phenoxy) is 1. The van der Waals surface area contributed by atoms with E-state index in [9.17, 15) is 9.59 Å². The van der Waals surface area contributed by atoms with E-state index in [1.165, 1.54) is 16.2 Å². The fraction of sp³-hybridized carbons (Fsp3) is 0.538. The average Bonchev–Trinajstić information content (AvgIpc) is 3.08. The standard InChI is InChI=1S/C13H17NO4S/c1-8(13(16)17)14(10-3-4-10)12(15)11-9(7-18-2)5-6-19-11/h5-6,8,10H,3-4,7H2,1-2H3,(H,16,17). The molecule has 1 aliphatic rings. The summed E-state index contributed by atoms with van der Waals surface area (Å²) in [6.07, 6.45) is 1.77. The van der Waals surface area contributed by atoms with Gasteiger partial charge in [-0.15, -0.1) is 11.3 Å². The summed E-state index contributed by atoms with van der Waals surface area (Å²) in [6, 6.07) is 1.12. The van der Waals surface area contributed by atoms with Crippen LogP contribution in [0.3, 0.4) is 0 Å². The number of rotatable bonds is 6. The Kier molecular flexibility index (Phi) is 4.21. The highest BCUT2D eigenvalue weighted by Crippen LogP contribution is 2.32. The molecule has 0 aliphatic heterocycles. The number of carbonyl (C=O) groups is 2. The molecule has 0 saturated heterocycles. The maximum atomic E-state index is 12.5. The van der Waals surface area contributed by atoms with Gasteiger partial charge in [-0.1, -0.05) is 0 Å². The van der Waals surface area contributed by atoms with Crippen molar-refractivity contribution in [1.82, 2.24) is 4.90 Å². The molecule has 1 heterocycles. The molecule has 1 aromatic heterocycles. The van der Waals surface area contributed by atoms with E-state index >= 15 is 0 Å². The second-order valence-electron chi connectivity index (χ2n) is 4.67. The molecular weight excluding hydrogens is 266 g/mol. The molecule has 1 unspecified atom stereocenters. The summed E-state index contributed by atoms with van der Waals surface area (Å²) in [5.74, 6) is -1.16. The molecule has 1 saturated carbocycles. The van der Waals surface area contributed by atoms with Crippen LogP contribution in [-0.4, -0.2) is 41.1 Å². The van der Waals surface area contributed by atoms with Crippen molar-refractivity contribution in [2.45, 2.75) is 38.5 Å². The number of aliphatic carboxylic acids is 1. The van der Waals surface area contributed by atoms with Crippen molar-refractivity contribution in [2.75, 3.05) is 7.11 Å². The Labute approximate surface area is 115 Å². The van der Waals surface area contributed by atoms with E-state index in [4.69, 9.17) is 9.84 Å². The Morgan fingerprint density at radius 2 is 2.26 bits per heavy atom. The lowest BCUT2D eigenvalue weighted by atomic mass is 10.2. The molecule has 0 radical (unpaired) electrons. The maximum absolute atomic E-state index is 12.5. The number of methoxy groups -OCH3 is 1. The number of thiophene rings is 1. The first-order valence-corrected chi connectivity index (χ1v) is 7.05. The lowest BCUT2D eigenvalue weighted by Gasteiger charge is -2.26. The van der Waals surface area contributed by atoms with E-state index in [0.29, 0.717) is 11.5 Å². The highest BCUT2D eigenvalue weighted by molar-refractivity contribution is 7.12. The second-order valence-corrected chi connectivity index (χ2v) is 5.58. The molecule has 1 aromatic rings. The van der Waals surface area contributed by atoms with Crippen molar-refractivity contribution in [3.8, 4) is 0 Å². The molecule has 1 amide bonds. The van der Waals surface area contributed by atoms with E-state index in [1.54, 1.807) is 14.0 Å². The first-order chi connectivity index (χ1) is 9.06. The zero-order valence-electron chi connectivity index (χ0n) is 11.0. The summed E-state index contributed by atoms with van der Waals surface area (Å²) >= 11 is 1.34. The van der Waals surface area contributed by atoms with Gasteiger partial charge in [0, 0.05) is 18.7 Å². The molecule has 1 atom stereocenters. The normalized spacial score (nSPS) is 16.1. The van der Waals surface area contributed by atoms with E-state index in [-0.39, 0.29) is 11.9 Å². The van der Waals surface area contributed by atoms with Crippen LogP contribution in [0.1, 0.15) is 35.0 Å². The Balaban J connectivity index is 2.24. The first kappa shape index (κ1) is 14.0. The third kappa shape index (κ3) is 2.96. The number of hydrogen-bond donors (Lipinski definition) is 1. The summed E-state index contributed by atoms with van der Waals surface area (Å²) in [5, 5.41) is 11.0.